The van der Waals surface area contributed by atoms with Gasteiger partial charge < -0.3 is 16.0 Å². The van der Waals surface area contributed by atoms with Crippen LogP contribution in [0, 0.1) is 0 Å². The van der Waals surface area contributed by atoms with Crippen molar-refractivity contribution in [3.8, 4) is 0 Å². The van der Waals surface area contributed by atoms with Crippen molar-refractivity contribution in [1.82, 2.24) is 20.8 Å². The molecule has 8 heteroatoms. The van der Waals surface area contributed by atoms with E-state index >= 15 is 0 Å². The highest BCUT2D eigenvalue weighted by Gasteiger charge is 2.16. The van der Waals surface area contributed by atoms with Crippen LogP contribution in [0.5, 0.6) is 0 Å². The minimum Gasteiger partial charge on any atom is -0.335 e. The smallest absolute Gasteiger partial charge is 0.315 e. The molecule has 0 saturated heterocycles. The van der Waals surface area contributed by atoms with Crippen LogP contribution in [-0.2, 0) is 6.54 Å². The molecule has 0 unspecified atom stereocenters. The fourth-order valence-electron chi connectivity index (χ4n) is 2.76. The van der Waals surface area contributed by atoms with E-state index in [1.807, 2.05) is 18.2 Å². The minimum absolute atomic E-state index is 0.197. The molecular weight excluding hydrogens is 338 g/mol. The van der Waals surface area contributed by atoms with E-state index in [0.29, 0.717) is 10.7 Å². The zero-order chi connectivity index (χ0) is 17.5. The highest BCUT2D eigenvalue weighted by molar-refractivity contribution is 7.13. The van der Waals surface area contributed by atoms with Crippen molar-refractivity contribution in [3.05, 3.63) is 40.3 Å². The summed E-state index contributed by atoms with van der Waals surface area (Å²) in [4.78, 5) is 24.0. The Morgan fingerprint density at radius 1 is 1.08 bits per heavy atom. The SMILES string of the molecule is O=C(NCc1nnc(C(=O)Nc2ccccc2)s1)NC1CCCCC1. The molecule has 3 N–H and O–H groups in total. The van der Waals surface area contributed by atoms with E-state index in [9.17, 15) is 9.59 Å². The number of amides is 3. The van der Waals surface area contributed by atoms with Crippen LogP contribution >= 0.6 is 11.3 Å². The number of rotatable bonds is 5. The van der Waals surface area contributed by atoms with Crippen LogP contribution in [0.15, 0.2) is 30.3 Å². The average Bonchev–Trinajstić information content (AvgIpc) is 3.11. The van der Waals surface area contributed by atoms with Gasteiger partial charge in [0.1, 0.15) is 5.01 Å². The third-order valence-electron chi connectivity index (χ3n) is 4.03. The molecule has 132 valence electrons. The van der Waals surface area contributed by atoms with E-state index in [4.69, 9.17) is 0 Å². The topological polar surface area (TPSA) is 96.0 Å². The maximum Gasteiger partial charge on any atom is 0.315 e. The van der Waals surface area contributed by atoms with Gasteiger partial charge in [-0.3, -0.25) is 4.79 Å². The number of anilines is 1. The van der Waals surface area contributed by atoms with Gasteiger partial charge in [0.05, 0.1) is 6.54 Å². The summed E-state index contributed by atoms with van der Waals surface area (Å²) < 4.78 is 0. The Hall–Kier alpha value is -2.48. The minimum atomic E-state index is -0.304. The molecule has 2 aromatic rings. The second kappa shape index (κ2) is 8.57. The lowest BCUT2D eigenvalue weighted by Crippen LogP contribution is -2.42. The molecule has 0 atom stereocenters. The second-order valence-electron chi connectivity index (χ2n) is 5.98. The molecule has 0 radical (unpaired) electrons. The summed E-state index contributed by atoms with van der Waals surface area (Å²) in [5.74, 6) is -0.304. The molecule has 3 rings (SSSR count). The van der Waals surface area contributed by atoms with E-state index in [2.05, 4.69) is 26.1 Å². The number of nitrogens with one attached hydrogen (secondary N) is 3. The number of carbonyl (C=O) groups is 2. The van der Waals surface area contributed by atoms with Crippen molar-refractivity contribution in [1.29, 1.82) is 0 Å². The molecule has 7 nitrogen and oxygen atoms in total. The van der Waals surface area contributed by atoms with Gasteiger partial charge in [-0.15, -0.1) is 10.2 Å². The molecule has 1 aromatic heterocycles. The summed E-state index contributed by atoms with van der Waals surface area (Å²) in [7, 11) is 0. The van der Waals surface area contributed by atoms with Crippen LogP contribution in [0.1, 0.15) is 46.9 Å². The summed E-state index contributed by atoms with van der Waals surface area (Å²) >= 11 is 1.17. The van der Waals surface area contributed by atoms with E-state index in [1.165, 1.54) is 30.6 Å². The van der Waals surface area contributed by atoms with Crippen molar-refractivity contribution in [2.24, 2.45) is 0 Å². The van der Waals surface area contributed by atoms with Crippen molar-refractivity contribution < 1.29 is 9.59 Å². The monoisotopic (exact) mass is 359 g/mol. The summed E-state index contributed by atoms with van der Waals surface area (Å²) in [5.41, 5.74) is 0.703. The average molecular weight is 359 g/mol. The summed E-state index contributed by atoms with van der Waals surface area (Å²) in [6.07, 6.45) is 5.66. The molecule has 0 bridgehead atoms. The Labute approximate surface area is 150 Å². The summed E-state index contributed by atoms with van der Waals surface area (Å²) in [6, 6.07) is 9.23. The predicted molar refractivity (Wildman–Crippen MR) is 96.5 cm³/mol. The molecular formula is C17H21N5O2S. The van der Waals surface area contributed by atoms with E-state index in [0.717, 1.165) is 12.8 Å². The first kappa shape index (κ1) is 17.3. The summed E-state index contributed by atoms with van der Waals surface area (Å²) in [6.45, 7) is 0.259. The highest BCUT2D eigenvalue weighted by Crippen LogP contribution is 2.17. The second-order valence-corrected chi connectivity index (χ2v) is 7.05. The zero-order valence-corrected chi connectivity index (χ0v) is 14.6. The van der Waals surface area contributed by atoms with Gasteiger partial charge in [-0.1, -0.05) is 48.8 Å². The van der Waals surface area contributed by atoms with Gasteiger partial charge in [0.15, 0.2) is 0 Å². The van der Waals surface area contributed by atoms with Gasteiger partial charge in [-0.05, 0) is 25.0 Å². The van der Waals surface area contributed by atoms with Gasteiger partial charge in [0, 0.05) is 11.7 Å². The summed E-state index contributed by atoms with van der Waals surface area (Å²) in [5, 5.41) is 17.2. The molecule has 3 amide bonds. The quantitative estimate of drug-likeness (QED) is 0.765. The first-order valence-electron chi connectivity index (χ1n) is 8.44. The van der Waals surface area contributed by atoms with Crippen LogP contribution < -0.4 is 16.0 Å². The first-order chi connectivity index (χ1) is 12.2. The van der Waals surface area contributed by atoms with E-state index in [1.54, 1.807) is 12.1 Å². The predicted octanol–water partition coefficient (Wildman–Crippen LogP) is 2.92. The number of benzene rings is 1. The van der Waals surface area contributed by atoms with Gasteiger partial charge in [-0.2, -0.15) is 0 Å². The maximum atomic E-state index is 12.1. The van der Waals surface area contributed by atoms with Crippen molar-refractivity contribution in [3.63, 3.8) is 0 Å². The maximum absolute atomic E-state index is 12.1. The molecule has 1 aliphatic rings. The van der Waals surface area contributed by atoms with Crippen molar-refractivity contribution in [2.45, 2.75) is 44.7 Å². The van der Waals surface area contributed by atoms with Crippen molar-refractivity contribution in [2.75, 3.05) is 5.32 Å². The lowest BCUT2D eigenvalue weighted by molar-refractivity contribution is 0.102. The van der Waals surface area contributed by atoms with Gasteiger partial charge >= 0.3 is 6.03 Å². The normalized spacial score (nSPS) is 14.7. The number of para-hydroxylation sites is 1. The molecule has 1 heterocycles. The molecule has 1 aliphatic carbocycles. The zero-order valence-electron chi connectivity index (χ0n) is 13.8. The number of carbonyl (C=O) groups excluding carboxylic acids is 2. The standard InChI is InChI=1S/C17H21N5O2S/c23-15(19-12-7-3-1-4-8-12)16-22-21-14(25-16)11-18-17(24)20-13-9-5-2-6-10-13/h1,3-4,7-8,13H,2,5-6,9-11H2,(H,19,23)(H2,18,20,24). The third-order valence-corrected chi connectivity index (χ3v) is 4.96. The largest absolute Gasteiger partial charge is 0.335 e. The number of nitrogens with zero attached hydrogens (tertiary/aromatic N) is 2. The molecule has 1 aromatic carbocycles. The Morgan fingerprint density at radius 3 is 2.60 bits per heavy atom. The number of urea groups is 1. The number of aromatic nitrogens is 2. The van der Waals surface area contributed by atoms with Gasteiger partial charge in [-0.25, -0.2) is 4.79 Å². The molecule has 25 heavy (non-hydrogen) atoms. The highest BCUT2D eigenvalue weighted by atomic mass is 32.1. The Balaban J connectivity index is 1.46. The molecule has 1 saturated carbocycles. The van der Waals surface area contributed by atoms with Crippen LogP contribution in [0.4, 0.5) is 10.5 Å². The fourth-order valence-corrected chi connectivity index (χ4v) is 3.44. The first-order valence-corrected chi connectivity index (χ1v) is 9.25. The van der Waals surface area contributed by atoms with Crippen LogP contribution in [0.2, 0.25) is 0 Å². The Kier molecular flexibility index (Phi) is 5.95. The molecule has 0 aliphatic heterocycles. The third kappa shape index (κ3) is 5.25. The lowest BCUT2D eigenvalue weighted by atomic mass is 9.96. The Bertz CT molecular complexity index is 713. The van der Waals surface area contributed by atoms with Crippen LogP contribution in [0.3, 0.4) is 0 Å². The number of hydrogen-bond donors (Lipinski definition) is 3. The van der Waals surface area contributed by atoms with Crippen LogP contribution in [-0.4, -0.2) is 28.2 Å². The number of hydrogen-bond acceptors (Lipinski definition) is 5. The van der Waals surface area contributed by atoms with E-state index in [-0.39, 0.29) is 29.5 Å². The molecule has 1 fully saturated rings. The lowest BCUT2D eigenvalue weighted by Gasteiger charge is -2.22. The van der Waals surface area contributed by atoms with Crippen molar-refractivity contribution >= 4 is 29.0 Å². The molecule has 0 spiro atoms. The Morgan fingerprint density at radius 2 is 1.84 bits per heavy atom. The van der Waals surface area contributed by atoms with E-state index < -0.39 is 0 Å². The van der Waals surface area contributed by atoms with Gasteiger partial charge in [0.2, 0.25) is 5.01 Å². The van der Waals surface area contributed by atoms with Gasteiger partial charge in [0.25, 0.3) is 5.91 Å². The fraction of sp³-hybridized carbons (Fsp3) is 0.412. The van der Waals surface area contributed by atoms with Crippen LogP contribution in [0.25, 0.3) is 0 Å².